The van der Waals surface area contributed by atoms with E-state index >= 15 is 0 Å². The number of hydrogen-bond acceptors (Lipinski definition) is 3. The van der Waals surface area contributed by atoms with Crippen molar-refractivity contribution in [2.75, 3.05) is 5.32 Å². The first-order chi connectivity index (χ1) is 11.9. The van der Waals surface area contributed by atoms with Crippen molar-refractivity contribution in [1.29, 1.82) is 0 Å². The molecule has 2 aromatic heterocycles. The molecule has 1 amide bonds. The topological polar surface area (TPSA) is 59.3 Å². The van der Waals surface area contributed by atoms with E-state index in [9.17, 15) is 4.79 Å². The Kier molecular flexibility index (Phi) is 3.74. The van der Waals surface area contributed by atoms with Crippen LogP contribution in [0.2, 0.25) is 0 Å². The number of hydrogen-bond donors (Lipinski definition) is 1. The second-order valence-corrected chi connectivity index (χ2v) is 8.07. The van der Waals surface area contributed by atoms with Crippen LogP contribution in [0.4, 0.5) is 5.69 Å². The summed E-state index contributed by atoms with van der Waals surface area (Å²) in [5.74, 6) is 0.709. The van der Waals surface area contributed by atoms with Gasteiger partial charge in [0, 0.05) is 18.3 Å². The minimum absolute atomic E-state index is 0.159. The molecule has 1 atom stereocenters. The minimum Gasteiger partial charge on any atom is -0.326 e. The van der Waals surface area contributed by atoms with Gasteiger partial charge in [0.15, 0.2) is 5.65 Å². The summed E-state index contributed by atoms with van der Waals surface area (Å²) in [4.78, 5) is 12.3. The molecule has 0 aliphatic heterocycles. The first-order valence-corrected chi connectivity index (χ1v) is 8.71. The Morgan fingerprint density at radius 3 is 2.60 bits per heavy atom. The predicted octanol–water partition coefficient (Wildman–Crippen LogP) is 3.84. The fourth-order valence-corrected chi connectivity index (χ4v) is 3.52. The summed E-state index contributed by atoms with van der Waals surface area (Å²) in [6.07, 6.45) is 3.07. The summed E-state index contributed by atoms with van der Waals surface area (Å²) < 4.78 is 0.996. The van der Waals surface area contributed by atoms with Gasteiger partial charge in [0.25, 0.3) is 0 Å². The molecule has 1 aromatic carbocycles. The molecule has 1 N–H and O–H groups in total. The van der Waals surface area contributed by atoms with Crippen molar-refractivity contribution in [2.45, 2.75) is 24.1 Å². The third kappa shape index (κ3) is 2.87. The average molecular weight is 375 g/mol. The number of fused-ring (bicyclic) bond motifs is 1. The van der Waals surface area contributed by atoms with Crippen molar-refractivity contribution in [3.05, 3.63) is 60.0 Å². The van der Waals surface area contributed by atoms with Gasteiger partial charge in [0.2, 0.25) is 5.91 Å². The van der Waals surface area contributed by atoms with Crippen LogP contribution in [0.15, 0.2) is 48.7 Å². The lowest BCUT2D eigenvalue weighted by Crippen LogP contribution is -2.25. The maximum Gasteiger partial charge on any atom is 0.233 e. The van der Waals surface area contributed by atoms with E-state index in [0.717, 1.165) is 22.7 Å². The summed E-state index contributed by atoms with van der Waals surface area (Å²) in [5, 5.41) is 11.3. The second kappa shape index (κ2) is 5.71. The van der Waals surface area contributed by atoms with E-state index in [4.69, 9.17) is 23.2 Å². The Morgan fingerprint density at radius 1 is 1.20 bits per heavy atom. The third-order valence-corrected chi connectivity index (χ3v) is 5.82. The molecule has 128 valence electrons. The van der Waals surface area contributed by atoms with Crippen molar-refractivity contribution in [3.8, 4) is 0 Å². The summed E-state index contributed by atoms with van der Waals surface area (Å²) in [5.41, 5.74) is 1.90. The normalized spacial score (nSPS) is 21.2. The molecule has 7 heteroatoms. The number of carbonyl (C=O) groups is 1. The van der Waals surface area contributed by atoms with E-state index < -0.39 is 9.75 Å². The molecule has 1 saturated carbocycles. The SMILES string of the molecule is C[C@@]1(C(=O)Nc2ccc(Cc3nnc4ccccn34)cc2)CC1(Cl)Cl. The van der Waals surface area contributed by atoms with Crippen molar-refractivity contribution in [2.24, 2.45) is 5.41 Å². The molecule has 25 heavy (non-hydrogen) atoms. The van der Waals surface area contributed by atoms with Gasteiger partial charge >= 0.3 is 0 Å². The van der Waals surface area contributed by atoms with E-state index in [-0.39, 0.29) is 5.91 Å². The van der Waals surface area contributed by atoms with Crippen LogP contribution in [0, 0.1) is 5.41 Å². The molecule has 1 aliphatic carbocycles. The van der Waals surface area contributed by atoms with Crippen LogP contribution in [0.5, 0.6) is 0 Å². The number of halogens is 2. The summed E-state index contributed by atoms with van der Waals surface area (Å²) >= 11 is 12.1. The molecule has 2 heterocycles. The van der Waals surface area contributed by atoms with Crippen LogP contribution in [-0.4, -0.2) is 24.8 Å². The van der Waals surface area contributed by atoms with Crippen LogP contribution in [0.3, 0.4) is 0 Å². The van der Waals surface area contributed by atoms with Crippen molar-refractivity contribution < 1.29 is 4.79 Å². The predicted molar refractivity (Wildman–Crippen MR) is 98.0 cm³/mol. The molecule has 0 bridgehead atoms. The molecule has 0 unspecified atom stereocenters. The van der Waals surface area contributed by atoms with Gasteiger partial charge in [0.05, 0.1) is 5.41 Å². The number of amides is 1. The Labute approximate surface area is 155 Å². The Morgan fingerprint density at radius 2 is 1.92 bits per heavy atom. The Hall–Kier alpha value is -2.11. The van der Waals surface area contributed by atoms with Crippen LogP contribution in [0.1, 0.15) is 24.7 Å². The molecule has 1 fully saturated rings. The molecular formula is C18H16Cl2N4O. The van der Waals surface area contributed by atoms with Crippen LogP contribution in [0.25, 0.3) is 5.65 Å². The number of nitrogens with zero attached hydrogens (tertiary/aromatic N) is 3. The number of carbonyl (C=O) groups excluding carboxylic acids is 1. The van der Waals surface area contributed by atoms with Gasteiger partial charge < -0.3 is 5.32 Å². The van der Waals surface area contributed by atoms with Crippen LogP contribution in [-0.2, 0) is 11.2 Å². The smallest absolute Gasteiger partial charge is 0.233 e. The van der Waals surface area contributed by atoms with Crippen LogP contribution < -0.4 is 5.32 Å². The lowest BCUT2D eigenvalue weighted by atomic mass is 10.1. The second-order valence-electron chi connectivity index (χ2n) is 6.59. The van der Waals surface area contributed by atoms with Gasteiger partial charge in [-0.05, 0) is 43.2 Å². The molecule has 4 rings (SSSR count). The zero-order valence-electron chi connectivity index (χ0n) is 13.5. The summed E-state index contributed by atoms with van der Waals surface area (Å²) in [6, 6.07) is 13.5. The van der Waals surface area contributed by atoms with E-state index in [1.165, 1.54) is 0 Å². The first-order valence-electron chi connectivity index (χ1n) is 7.96. The highest BCUT2D eigenvalue weighted by atomic mass is 35.5. The molecule has 1 aliphatic rings. The molecular weight excluding hydrogens is 359 g/mol. The van der Waals surface area contributed by atoms with Gasteiger partial charge in [0.1, 0.15) is 10.2 Å². The number of benzene rings is 1. The number of pyridine rings is 1. The first kappa shape index (κ1) is 16.4. The highest BCUT2D eigenvalue weighted by molar-refractivity contribution is 6.53. The lowest BCUT2D eigenvalue weighted by molar-refractivity contribution is -0.120. The molecule has 0 spiro atoms. The highest BCUT2D eigenvalue weighted by Gasteiger charge is 2.67. The van der Waals surface area contributed by atoms with E-state index in [1.54, 1.807) is 6.92 Å². The molecule has 5 nitrogen and oxygen atoms in total. The Balaban J connectivity index is 1.46. The number of rotatable bonds is 4. The van der Waals surface area contributed by atoms with Crippen LogP contribution >= 0.6 is 23.2 Å². The van der Waals surface area contributed by atoms with Gasteiger partial charge in [-0.2, -0.15) is 0 Å². The fourth-order valence-electron chi connectivity index (χ4n) is 2.82. The van der Waals surface area contributed by atoms with E-state index in [0.29, 0.717) is 12.8 Å². The van der Waals surface area contributed by atoms with Gasteiger partial charge in [-0.1, -0.05) is 18.2 Å². The monoisotopic (exact) mass is 374 g/mol. The van der Waals surface area contributed by atoms with E-state index in [1.807, 2.05) is 53.1 Å². The summed E-state index contributed by atoms with van der Waals surface area (Å²) in [6.45, 7) is 1.77. The number of alkyl halides is 2. The van der Waals surface area contributed by atoms with Gasteiger partial charge in [-0.25, -0.2) is 0 Å². The van der Waals surface area contributed by atoms with Gasteiger partial charge in [-0.15, -0.1) is 33.4 Å². The average Bonchev–Trinajstić information content (AvgIpc) is 2.92. The molecule has 0 radical (unpaired) electrons. The van der Waals surface area contributed by atoms with E-state index in [2.05, 4.69) is 15.5 Å². The number of aromatic nitrogens is 3. The zero-order chi connectivity index (χ0) is 17.7. The maximum atomic E-state index is 12.3. The Bertz CT molecular complexity index is 951. The minimum atomic E-state index is -0.967. The van der Waals surface area contributed by atoms with Crippen molar-refractivity contribution >= 4 is 40.4 Å². The highest BCUT2D eigenvalue weighted by Crippen LogP contribution is 2.64. The molecule has 3 aromatic rings. The van der Waals surface area contributed by atoms with Crippen molar-refractivity contribution in [1.82, 2.24) is 14.6 Å². The lowest BCUT2D eigenvalue weighted by Gasteiger charge is -2.13. The van der Waals surface area contributed by atoms with Crippen molar-refractivity contribution in [3.63, 3.8) is 0 Å². The zero-order valence-corrected chi connectivity index (χ0v) is 15.1. The molecule has 0 saturated heterocycles. The van der Waals surface area contributed by atoms with Gasteiger partial charge in [-0.3, -0.25) is 9.20 Å². The largest absolute Gasteiger partial charge is 0.326 e. The summed E-state index contributed by atoms with van der Waals surface area (Å²) in [7, 11) is 0. The third-order valence-electron chi connectivity index (χ3n) is 4.72. The quantitative estimate of drug-likeness (QED) is 0.705. The maximum absolute atomic E-state index is 12.3. The fraction of sp³-hybridized carbons (Fsp3) is 0.278. The number of anilines is 1. The standard InChI is InChI=1S/C18H16Cl2N4O/c1-17(11-18(17,19)20)16(25)21-13-7-5-12(6-8-13)10-15-23-22-14-4-2-3-9-24(14)15/h2-9H,10-11H2,1H3,(H,21,25)/t17-/m0/s1. The number of nitrogens with one attached hydrogen (secondary N) is 1.